The van der Waals surface area contributed by atoms with Gasteiger partial charge in [-0.3, -0.25) is 4.79 Å². The minimum atomic E-state index is -0.0495. The molecule has 0 saturated heterocycles. The molecule has 0 atom stereocenters. The Balaban J connectivity index is 2.11. The number of nitrogens with one attached hydrogen (secondary N) is 2. The molecule has 0 saturated carbocycles. The molecule has 0 aromatic heterocycles. The van der Waals surface area contributed by atoms with E-state index >= 15 is 0 Å². The van der Waals surface area contributed by atoms with Crippen LogP contribution in [0.25, 0.3) is 0 Å². The first-order chi connectivity index (χ1) is 10.1. The fraction of sp³-hybridized carbons (Fsp3) is 0.278. The summed E-state index contributed by atoms with van der Waals surface area (Å²) < 4.78 is 0. The molecular weight excluding hydrogens is 260 g/mol. The monoisotopic (exact) mass is 282 g/mol. The number of hydrogen-bond donors (Lipinski definition) is 2. The van der Waals surface area contributed by atoms with Crippen molar-refractivity contribution in [2.75, 3.05) is 10.6 Å². The summed E-state index contributed by atoms with van der Waals surface area (Å²) in [6.07, 6.45) is 1.03. The number of amides is 1. The van der Waals surface area contributed by atoms with E-state index in [1.807, 2.05) is 25.1 Å². The molecule has 0 fully saturated rings. The maximum Gasteiger partial charge on any atom is 0.221 e. The molecule has 2 aromatic carbocycles. The van der Waals surface area contributed by atoms with Crippen molar-refractivity contribution >= 4 is 17.3 Å². The topological polar surface area (TPSA) is 41.1 Å². The number of hydrogen-bond acceptors (Lipinski definition) is 2. The zero-order valence-electron chi connectivity index (χ0n) is 12.9. The van der Waals surface area contributed by atoms with Crippen LogP contribution in [-0.2, 0) is 17.8 Å². The van der Waals surface area contributed by atoms with Gasteiger partial charge in [0.1, 0.15) is 0 Å². The van der Waals surface area contributed by atoms with Gasteiger partial charge >= 0.3 is 0 Å². The van der Waals surface area contributed by atoms with E-state index in [0.717, 1.165) is 29.9 Å². The van der Waals surface area contributed by atoms with Crippen LogP contribution in [0, 0.1) is 6.92 Å². The Morgan fingerprint density at radius 1 is 1.10 bits per heavy atom. The second-order valence-electron chi connectivity index (χ2n) is 5.19. The smallest absolute Gasteiger partial charge is 0.221 e. The molecule has 0 unspecified atom stereocenters. The molecule has 0 aliphatic carbocycles. The molecule has 2 rings (SSSR count). The lowest BCUT2D eigenvalue weighted by Gasteiger charge is -2.13. The lowest BCUT2D eigenvalue weighted by molar-refractivity contribution is -0.114. The van der Waals surface area contributed by atoms with E-state index < -0.39 is 0 Å². The summed E-state index contributed by atoms with van der Waals surface area (Å²) in [4.78, 5) is 11.2. The Morgan fingerprint density at radius 2 is 1.81 bits per heavy atom. The van der Waals surface area contributed by atoms with Gasteiger partial charge in [-0.15, -0.1) is 0 Å². The van der Waals surface area contributed by atoms with Crippen molar-refractivity contribution < 1.29 is 4.79 Å². The van der Waals surface area contributed by atoms with Gasteiger partial charge in [-0.2, -0.15) is 0 Å². The first-order valence-electron chi connectivity index (χ1n) is 7.29. The number of carbonyl (C=O) groups excluding carboxylic acids is 1. The van der Waals surface area contributed by atoms with Gasteiger partial charge in [0, 0.05) is 24.8 Å². The van der Waals surface area contributed by atoms with Crippen LogP contribution in [-0.4, -0.2) is 5.91 Å². The quantitative estimate of drug-likeness (QED) is 0.865. The minimum absolute atomic E-state index is 0.0495. The Morgan fingerprint density at radius 3 is 2.48 bits per heavy atom. The van der Waals surface area contributed by atoms with Crippen molar-refractivity contribution in [3.8, 4) is 0 Å². The highest BCUT2D eigenvalue weighted by atomic mass is 16.1. The summed E-state index contributed by atoms with van der Waals surface area (Å²) in [5.74, 6) is -0.0495. The molecule has 2 aromatic rings. The lowest BCUT2D eigenvalue weighted by atomic mass is 10.1. The summed E-state index contributed by atoms with van der Waals surface area (Å²) in [5, 5.41) is 6.28. The molecule has 0 spiro atoms. The molecular formula is C18H22N2O. The van der Waals surface area contributed by atoms with Gasteiger partial charge in [0.2, 0.25) is 5.91 Å². The fourth-order valence-electron chi connectivity index (χ4n) is 2.33. The summed E-state index contributed by atoms with van der Waals surface area (Å²) in [5.41, 5.74) is 5.59. The largest absolute Gasteiger partial charge is 0.381 e. The summed E-state index contributed by atoms with van der Waals surface area (Å²) >= 11 is 0. The molecule has 1 amide bonds. The number of rotatable bonds is 5. The normalized spacial score (nSPS) is 10.2. The van der Waals surface area contributed by atoms with Crippen LogP contribution in [0.5, 0.6) is 0 Å². The van der Waals surface area contributed by atoms with E-state index in [0.29, 0.717) is 0 Å². The Labute approximate surface area is 126 Å². The van der Waals surface area contributed by atoms with Crippen molar-refractivity contribution in [3.63, 3.8) is 0 Å². The van der Waals surface area contributed by atoms with Crippen LogP contribution in [0.15, 0.2) is 42.5 Å². The third-order valence-corrected chi connectivity index (χ3v) is 3.53. The predicted molar refractivity (Wildman–Crippen MR) is 88.6 cm³/mol. The second-order valence-corrected chi connectivity index (χ2v) is 5.19. The van der Waals surface area contributed by atoms with Crippen LogP contribution in [0.4, 0.5) is 11.4 Å². The third kappa shape index (κ3) is 4.09. The molecule has 21 heavy (non-hydrogen) atoms. The molecule has 110 valence electrons. The highest BCUT2D eigenvalue weighted by Gasteiger charge is 2.03. The van der Waals surface area contributed by atoms with E-state index in [4.69, 9.17) is 0 Å². The van der Waals surface area contributed by atoms with Crippen molar-refractivity contribution in [1.82, 2.24) is 0 Å². The third-order valence-electron chi connectivity index (χ3n) is 3.53. The molecule has 0 radical (unpaired) electrons. The number of anilines is 2. The summed E-state index contributed by atoms with van der Waals surface area (Å²) in [6.45, 7) is 6.46. The van der Waals surface area contributed by atoms with Gasteiger partial charge in [0.05, 0.1) is 0 Å². The van der Waals surface area contributed by atoms with Crippen LogP contribution in [0.1, 0.15) is 30.5 Å². The zero-order chi connectivity index (χ0) is 15.2. The van der Waals surface area contributed by atoms with Crippen molar-refractivity contribution in [2.24, 2.45) is 0 Å². The lowest BCUT2D eigenvalue weighted by Crippen LogP contribution is -2.08. The van der Waals surface area contributed by atoms with E-state index in [1.54, 1.807) is 0 Å². The number of aryl methyl sites for hydroxylation is 2. The Bertz CT molecular complexity index is 635. The summed E-state index contributed by atoms with van der Waals surface area (Å²) in [6, 6.07) is 14.5. The maximum atomic E-state index is 11.2. The highest BCUT2D eigenvalue weighted by Crippen LogP contribution is 2.21. The van der Waals surface area contributed by atoms with Crippen LogP contribution < -0.4 is 10.6 Å². The van der Waals surface area contributed by atoms with Gasteiger partial charge in [0.15, 0.2) is 0 Å². The predicted octanol–water partition coefficient (Wildman–Crippen LogP) is 4.13. The number of carbonyl (C=O) groups is 1. The molecule has 0 aliphatic rings. The molecule has 3 nitrogen and oxygen atoms in total. The van der Waals surface area contributed by atoms with Crippen LogP contribution >= 0.6 is 0 Å². The fourth-order valence-corrected chi connectivity index (χ4v) is 2.33. The molecule has 2 N–H and O–H groups in total. The Kier molecular flexibility index (Phi) is 4.99. The van der Waals surface area contributed by atoms with E-state index in [9.17, 15) is 4.79 Å². The van der Waals surface area contributed by atoms with E-state index in [2.05, 4.69) is 41.8 Å². The van der Waals surface area contributed by atoms with E-state index in [1.165, 1.54) is 18.1 Å². The van der Waals surface area contributed by atoms with Gasteiger partial charge in [-0.1, -0.05) is 37.3 Å². The van der Waals surface area contributed by atoms with Crippen molar-refractivity contribution in [2.45, 2.75) is 33.7 Å². The van der Waals surface area contributed by atoms with Crippen LogP contribution in [0.2, 0.25) is 0 Å². The summed E-state index contributed by atoms with van der Waals surface area (Å²) in [7, 11) is 0. The van der Waals surface area contributed by atoms with Crippen LogP contribution in [0.3, 0.4) is 0 Å². The minimum Gasteiger partial charge on any atom is -0.381 e. The van der Waals surface area contributed by atoms with Crippen molar-refractivity contribution in [1.29, 1.82) is 0 Å². The van der Waals surface area contributed by atoms with Gasteiger partial charge < -0.3 is 10.6 Å². The molecule has 0 aliphatic heterocycles. The standard InChI is InChI=1S/C18H22N2O/c1-4-15-7-5-6-8-16(15)12-19-17-10-9-13(2)18(11-17)20-14(3)21/h5-11,19H,4,12H2,1-3H3,(H,20,21). The van der Waals surface area contributed by atoms with Gasteiger partial charge in [-0.05, 0) is 42.2 Å². The number of benzene rings is 2. The van der Waals surface area contributed by atoms with Gasteiger partial charge in [-0.25, -0.2) is 0 Å². The van der Waals surface area contributed by atoms with Gasteiger partial charge in [0.25, 0.3) is 0 Å². The Hall–Kier alpha value is -2.29. The second kappa shape index (κ2) is 6.93. The first-order valence-corrected chi connectivity index (χ1v) is 7.29. The van der Waals surface area contributed by atoms with E-state index in [-0.39, 0.29) is 5.91 Å². The highest BCUT2D eigenvalue weighted by molar-refractivity contribution is 5.90. The first kappa shape index (κ1) is 15.1. The maximum absolute atomic E-state index is 11.2. The zero-order valence-corrected chi connectivity index (χ0v) is 12.9. The van der Waals surface area contributed by atoms with Crippen molar-refractivity contribution in [3.05, 3.63) is 59.2 Å². The molecule has 3 heteroatoms. The average Bonchev–Trinajstić information content (AvgIpc) is 2.48. The molecule has 0 heterocycles. The molecule has 0 bridgehead atoms. The SMILES string of the molecule is CCc1ccccc1CNc1ccc(C)c(NC(C)=O)c1. The average molecular weight is 282 g/mol.